The lowest BCUT2D eigenvalue weighted by atomic mass is 10.3. The summed E-state index contributed by atoms with van der Waals surface area (Å²) in [5, 5.41) is 10.7. The van der Waals surface area contributed by atoms with Crippen LogP contribution in [0.5, 0.6) is 0 Å². The Kier molecular flexibility index (Phi) is 5.95. The zero-order chi connectivity index (χ0) is 17.0. The number of hydrogen-bond acceptors (Lipinski definition) is 6. The van der Waals surface area contributed by atoms with Gasteiger partial charge in [0.1, 0.15) is 10.7 Å². The highest BCUT2D eigenvalue weighted by Crippen LogP contribution is 2.29. The van der Waals surface area contributed by atoms with Crippen LogP contribution in [0.4, 0.5) is 10.1 Å². The number of halogens is 1. The fraction of sp³-hybridized carbons (Fsp3) is 0.538. The average Bonchev–Trinajstić information content (AvgIpc) is 3.01. The van der Waals surface area contributed by atoms with Crippen LogP contribution < -0.4 is 0 Å². The van der Waals surface area contributed by atoms with Gasteiger partial charge in [-0.15, -0.1) is 0 Å². The van der Waals surface area contributed by atoms with Gasteiger partial charge in [-0.25, -0.2) is 12.8 Å². The van der Waals surface area contributed by atoms with Crippen molar-refractivity contribution in [1.29, 1.82) is 0 Å². The Labute approximate surface area is 138 Å². The molecule has 0 unspecified atom stereocenters. The van der Waals surface area contributed by atoms with Crippen molar-refractivity contribution in [3.8, 4) is 0 Å². The van der Waals surface area contributed by atoms with Crippen LogP contribution in [0.2, 0.25) is 0 Å². The SMILES string of the molecule is COCCN([C@H]1CCSC1)S(=O)(=O)c1ccc([N+](=O)[O-])cc1F. The van der Waals surface area contributed by atoms with Gasteiger partial charge in [-0.05, 0) is 18.2 Å². The highest BCUT2D eigenvalue weighted by Gasteiger charge is 2.35. The lowest BCUT2D eigenvalue weighted by molar-refractivity contribution is -0.385. The van der Waals surface area contributed by atoms with E-state index in [0.717, 1.165) is 17.9 Å². The van der Waals surface area contributed by atoms with Crippen molar-refractivity contribution in [2.24, 2.45) is 0 Å². The summed E-state index contributed by atoms with van der Waals surface area (Å²) in [6.07, 6.45) is 0.683. The molecule has 1 aromatic rings. The second kappa shape index (κ2) is 7.56. The molecule has 0 bridgehead atoms. The molecule has 0 radical (unpaired) electrons. The van der Waals surface area contributed by atoms with Gasteiger partial charge in [0.2, 0.25) is 10.0 Å². The van der Waals surface area contributed by atoms with Crippen LogP contribution in [0.3, 0.4) is 0 Å². The lowest BCUT2D eigenvalue weighted by Gasteiger charge is -2.27. The Morgan fingerprint density at radius 3 is 2.78 bits per heavy atom. The highest BCUT2D eigenvalue weighted by atomic mass is 32.2. The number of nitrogens with zero attached hydrogens (tertiary/aromatic N) is 2. The zero-order valence-corrected chi connectivity index (χ0v) is 14.1. The molecule has 1 saturated heterocycles. The number of nitro groups is 1. The molecule has 1 atom stereocenters. The second-order valence-electron chi connectivity index (χ2n) is 5.00. The van der Waals surface area contributed by atoms with Gasteiger partial charge in [-0.3, -0.25) is 10.1 Å². The molecule has 1 fully saturated rings. The Hall–Kier alpha value is -1.23. The lowest BCUT2D eigenvalue weighted by Crippen LogP contribution is -2.42. The number of ether oxygens (including phenoxy) is 1. The summed E-state index contributed by atoms with van der Waals surface area (Å²) in [4.78, 5) is 9.34. The molecule has 0 saturated carbocycles. The maximum atomic E-state index is 14.1. The van der Waals surface area contributed by atoms with E-state index in [-0.39, 0.29) is 19.2 Å². The molecule has 7 nitrogen and oxygen atoms in total. The second-order valence-corrected chi connectivity index (χ2v) is 8.01. The Morgan fingerprint density at radius 2 is 2.26 bits per heavy atom. The first kappa shape index (κ1) is 18.1. The monoisotopic (exact) mass is 364 g/mol. The van der Waals surface area contributed by atoms with Crippen molar-refractivity contribution in [2.75, 3.05) is 31.8 Å². The van der Waals surface area contributed by atoms with Gasteiger partial charge in [-0.1, -0.05) is 0 Å². The van der Waals surface area contributed by atoms with E-state index in [1.54, 1.807) is 11.8 Å². The normalized spacial score (nSPS) is 18.5. The van der Waals surface area contributed by atoms with E-state index in [0.29, 0.717) is 18.2 Å². The van der Waals surface area contributed by atoms with Crippen LogP contribution in [0.15, 0.2) is 23.1 Å². The Morgan fingerprint density at radius 1 is 1.52 bits per heavy atom. The molecule has 0 amide bonds. The number of hydrogen-bond donors (Lipinski definition) is 0. The van der Waals surface area contributed by atoms with E-state index in [1.165, 1.54) is 11.4 Å². The topological polar surface area (TPSA) is 89.8 Å². The number of methoxy groups -OCH3 is 1. The van der Waals surface area contributed by atoms with Crippen molar-refractivity contribution >= 4 is 27.5 Å². The minimum absolute atomic E-state index is 0.112. The van der Waals surface area contributed by atoms with Crippen molar-refractivity contribution in [3.63, 3.8) is 0 Å². The average molecular weight is 364 g/mol. The molecule has 0 spiro atoms. The van der Waals surface area contributed by atoms with Gasteiger partial charge in [0, 0.05) is 31.5 Å². The summed E-state index contributed by atoms with van der Waals surface area (Å²) in [6, 6.07) is 2.35. The summed E-state index contributed by atoms with van der Waals surface area (Å²) in [5.74, 6) is 0.358. The molecule has 23 heavy (non-hydrogen) atoms. The maximum Gasteiger partial charge on any atom is 0.272 e. The van der Waals surface area contributed by atoms with Crippen LogP contribution in [-0.2, 0) is 14.8 Å². The molecule has 1 aliphatic heterocycles. The highest BCUT2D eigenvalue weighted by molar-refractivity contribution is 7.99. The zero-order valence-electron chi connectivity index (χ0n) is 12.5. The summed E-state index contributed by atoms with van der Waals surface area (Å²) in [5.41, 5.74) is -0.485. The van der Waals surface area contributed by atoms with E-state index < -0.39 is 31.3 Å². The van der Waals surface area contributed by atoms with Gasteiger partial charge >= 0.3 is 0 Å². The van der Waals surface area contributed by atoms with E-state index in [4.69, 9.17) is 4.74 Å². The number of non-ortho nitro benzene ring substituents is 1. The van der Waals surface area contributed by atoms with Crippen molar-refractivity contribution < 1.29 is 22.5 Å². The smallest absolute Gasteiger partial charge is 0.272 e. The third-order valence-corrected chi connectivity index (χ3v) is 6.67. The van der Waals surface area contributed by atoms with Crippen LogP contribution >= 0.6 is 11.8 Å². The maximum absolute atomic E-state index is 14.1. The number of thioether (sulfide) groups is 1. The van der Waals surface area contributed by atoms with E-state index in [1.807, 2.05) is 0 Å². The number of sulfonamides is 1. The third kappa shape index (κ3) is 4.00. The van der Waals surface area contributed by atoms with Gasteiger partial charge < -0.3 is 4.74 Å². The van der Waals surface area contributed by atoms with Gasteiger partial charge in [0.05, 0.1) is 17.6 Å². The number of nitro benzene ring substituents is 1. The van der Waals surface area contributed by atoms with Gasteiger partial charge in [0.15, 0.2) is 0 Å². The van der Waals surface area contributed by atoms with Crippen molar-refractivity contribution in [3.05, 3.63) is 34.1 Å². The summed E-state index contributed by atoms with van der Waals surface area (Å²) < 4.78 is 45.9. The van der Waals surface area contributed by atoms with Crippen LogP contribution in [0.25, 0.3) is 0 Å². The molecule has 2 rings (SSSR count). The van der Waals surface area contributed by atoms with Crippen molar-refractivity contribution in [2.45, 2.75) is 17.4 Å². The molecular weight excluding hydrogens is 347 g/mol. The van der Waals surface area contributed by atoms with E-state index >= 15 is 0 Å². The minimum Gasteiger partial charge on any atom is -0.383 e. The molecule has 128 valence electrons. The molecule has 0 aliphatic carbocycles. The fourth-order valence-corrected chi connectivity index (χ4v) is 5.37. The predicted molar refractivity (Wildman–Crippen MR) is 84.6 cm³/mol. The van der Waals surface area contributed by atoms with Crippen LogP contribution in [0.1, 0.15) is 6.42 Å². The first-order chi connectivity index (χ1) is 10.9. The molecule has 0 N–H and O–H groups in total. The largest absolute Gasteiger partial charge is 0.383 e. The van der Waals surface area contributed by atoms with Gasteiger partial charge in [0.25, 0.3) is 5.69 Å². The molecule has 0 aromatic heterocycles. The summed E-state index contributed by atoms with van der Waals surface area (Å²) in [6.45, 7) is 0.301. The van der Waals surface area contributed by atoms with Crippen LogP contribution in [0, 0.1) is 15.9 Å². The first-order valence-electron chi connectivity index (χ1n) is 6.90. The number of benzene rings is 1. The molecule has 10 heteroatoms. The third-order valence-electron chi connectivity index (χ3n) is 3.54. The molecule has 1 aliphatic rings. The van der Waals surface area contributed by atoms with Gasteiger partial charge in [-0.2, -0.15) is 16.1 Å². The Bertz CT molecular complexity index is 677. The number of rotatable bonds is 7. The standard InChI is InChI=1S/C13H17FN2O5S2/c1-21-6-5-15(11-4-7-22-9-11)23(19,20)13-3-2-10(16(17)18)8-12(13)14/h2-3,8,11H,4-7,9H2,1H3/t11-/m0/s1. The molecule has 1 heterocycles. The molecular formula is C13H17FN2O5S2. The summed E-state index contributed by atoms with van der Waals surface area (Å²) in [7, 11) is -2.63. The quantitative estimate of drug-likeness (QED) is 0.542. The van der Waals surface area contributed by atoms with Crippen molar-refractivity contribution in [1.82, 2.24) is 4.31 Å². The Balaban J connectivity index is 2.38. The molecule has 1 aromatic carbocycles. The van der Waals surface area contributed by atoms with E-state index in [2.05, 4.69) is 0 Å². The van der Waals surface area contributed by atoms with E-state index in [9.17, 15) is 22.9 Å². The fourth-order valence-electron chi connectivity index (χ4n) is 2.37. The van der Waals surface area contributed by atoms with Crippen LogP contribution in [-0.4, -0.2) is 55.5 Å². The first-order valence-corrected chi connectivity index (χ1v) is 9.50. The predicted octanol–water partition coefficient (Wildman–Crippen LogP) is 1.88. The minimum atomic E-state index is -4.09. The summed E-state index contributed by atoms with van der Waals surface area (Å²) >= 11 is 1.64.